The summed E-state index contributed by atoms with van der Waals surface area (Å²) in [7, 11) is 0. The largest absolute Gasteiger partial charge is 0.435 e. The minimum Gasteiger partial charge on any atom is -0.435 e. The molecule has 3 N–H and O–H groups in total. The number of nitrogen functional groups attached to an aromatic ring is 1. The molecule has 8 heteroatoms. The fourth-order valence-corrected chi connectivity index (χ4v) is 2.43. The molecule has 102 valence electrons. The summed E-state index contributed by atoms with van der Waals surface area (Å²) in [5, 5.41) is 10.2. The summed E-state index contributed by atoms with van der Waals surface area (Å²) < 4.78 is 7.66. The Kier molecular flexibility index (Phi) is 2.94. The average Bonchev–Trinajstić information content (AvgIpc) is 2.75. The first-order chi connectivity index (χ1) is 9.54. The van der Waals surface area contributed by atoms with E-state index in [9.17, 15) is 4.79 Å². The predicted octanol–water partition coefficient (Wildman–Crippen LogP) is 1.86. The summed E-state index contributed by atoms with van der Waals surface area (Å²) >= 11 is 3.36. The van der Waals surface area contributed by atoms with Gasteiger partial charge >= 0.3 is 5.69 Å². The highest BCUT2D eigenvalue weighted by Crippen LogP contribution is 2.32. The Labute approximate surface area is 121 Å². The van der Waals surface area contributed by atoms with Crippen LogP contribution in [0.15, 0.2) is 33.5 Å². The second-order valence-electron chi connectivity index (χ2n) is 4.21. The number of nitrogens with one attached hydrogen (secondary N) is 1. The molecule has 7 nitrogen and oxygen atoms in total. The fourth-order valence-electron chi connectivity index (χ4n) is 1.84. The second kappa shape index (κ2) is 4.64. The minimum absolute atomic E-state index is 0.262. The lowest BCUT2D eigenvalue weighted by molar-refractivity contribution is 0.450. The topological polar surface area (TPSA) is 98.3 Å². The van der Waals surface area contributed by atoms with Gasteiger partial charge in [-0.05, 0) is 30.7 Å². The fraction of sp³-hybridized carbons (Fsp3) is 0.0833. The summed E-state index contributed by atoms with van der Waals surface area (Å²) in [5.41, 5.74) is 7.26. The Morgan fingerprint density at radius 3 is 2.95 bits per heavy atom. The van der Waals surface area contributed by atoms with E-state index in [2.05, 4.69) is 31.2 Å². The maximum atomic E-state index is 11.5. The first kappa shape index (κ1) is 12.7. The molecular weight excluding hydrogens is 326 g/mol. The number of aryl methyl sites for hydroxylation is 1. The van der Waals surface area contributed by atoms with Crippen LogP contribution in [-0.2, 0) is 0 Å². The van der Waals surface area contributed by atoms with Gasteiger partial charge in [0, 0.05) is 10.5 Å². The van der Waals surface area contributed by atoms with Crippen molar-refractivity contribution in [3.63, 3.8) is 0 Å². The molecule has 0 aliphatic rings. The molecule has 0 saturated heterocycles. The van der Waals surface area contributed by atoms with E-state index in [-0.39, 0.29) is 5.88 Å². The molecule has 0 atom stereocenters. The summed E-state index contributed by atoms with van der Waals surface area (Å²) in [5.74, 6) is 0.773. The summed E-state index contributed by atoms with van der Waals surface area (Å²) in [6, 6.07) is 6.88. The van der Waals surface area contributed by atoms with E-state index in [4.69, 9.17) is 10.5 Å². The van der Waals surface area contributed by atoms with Gasteiger partial charge in [-0.2, -0.15) is 9.61 Å². The Hall–Kier alpha value is -2.35. The number of rotatable bonds is 2. The van der Waals surface area contributed by atoms with Crippen molar-refractivity contribution in [1.82, 2.24) is 19.8 Å². The Morgan fingerprint density at radius 1 is 1.40 bits per heavy atom. The zero-order valence-corrected chi connectivity index (χ0v) is 12.0. The third kappa shape index (κ3) is 2.14. The molecule has 0 saturated carbocycles. The number of aromatic nitrogens is 4. The lowest BCUT2D eigenvalue weighted by atomic mass is 10.2. The maximum absolute atomic E-state index is 11.5. The van der Waals surface area contributed by atoms with Crippen LogP contribution in [0.2, 0.25) is 0 Å². The average molecular weight is 336 g/mol. The monoisotopic (exact) mass is 335 g/mol. The van der Waals surface area contributed by atoms with E-state index in [1.54, 1.807) is 18.2 Å². The van der Waals surface area contributed by atoms with Crippen LogP contribution in [0.3, 0.4) is 0 Å². The van der Waals surface area contributed by atoms with E-state index >= 15 is 0 Å². The van der Waals surface area contributed by atoms with Crippen LogP contribution in [0, 0.1) is 6.92 Å². The number of nitrogens with two attached hydrogens (primary N) is 1. The van der Waals surface area contributed by atoms with Gasteiger partial charge in [0.2, 0.25) is 5.88 Å². The Morgan fingerprint density at radius 2 is 2.20 bits per heavy atom. The van der Waals surface area contributed by atoms with Crippen molar-refractivity contribution in [2.75, 3.05) is 5.73 Å². The number of H-pyrrole nitrogens is 1. The van der Waals surface area contributed by atoms with Gasteiger partial charge in [-0.3, -0.25) is 0 Å². The molecule has 20 heavy (non-hydrogen) atoms. The van der Waals surface area contributed by atoms with Crippen LogP contribution in [-0.4, -0.2) is 19.8 Å². The highest BCUT2D eigenvalue weighted by molar-refractivity contribution is 9.10. The van der Waals surface area contributed by atoms with E-state index in [1.807, 2.05) is 13.0 Å². The minimum atomic E-state index is -0.425. The number of hydrogen-bond acceptors (Lipinski definition) is 5. The van der Waals surface area contributed by atoms with Crippen molar-refractivity contribution in [2.24, 2.45) is 0 Å². The van der Waals surface area contributed by atoms with Gasteiger partial charge in [0.1, 0.15) is 0 Å². The summed E-state index contributed by atoms with van der Waals surface area (Å²) in [6.07, 6.45) is 0. The van der Waals surface area contributed by atoms with Gasteiger partial charge in [0.25, 0.3) is 0 Å². The number of hydrogen-bond donors (Lipinski definition) is 2. The zero-order valence-electron chi connectivity index (χ0n) is 10.4. The van der Waals surface area contributed by atoms with E-state index < -0.39 is 5.69 Å². The molecule has 0 fully saturated rings. The second-order valence-corrected chi connectivity index (χ2v) is 5.13. The molecule has 0 bridgehead atoms. The number of halogens is 1. The van der Waals surface area contributed by atoms with Crippen molar-refractivity contribution in [3.8, 4) is 11.6 Å². The molecule has 2 heterocycles. The van der Waals surface area contributed by atoms with Gasteiger partial charge in [0.05, 0.1) is 5.69 Å². The number of anilines is 1. The highest BCUT2D eigenvalue weighted by atomic mass is 79.9. The van der Waals surface area contributed by atoms with Crippen molar-refractivity contribution in [1.29, 1.82) is 0 Å². The molecule has 1 aromatic carbocycles. The number of fused-ring (bicyclic) bond motifs is 1. The highest BCUT2D eigenvalue weighted by Gasteiger charge is 2.10. The Balaban J connectivity index is 2.05. The van der Waals surface area contributed by atoms with E-state index in [0.717, 1.165) is 14.6 Å². The summed E-state index contributed by atoms with van der Waals surface area (Å²) in [4.78, 5) is 11.5. The molecule has 3 aromatic rings. The van der Waals surface area contributed by atoms with Crippen LogP contribution in [0.5, 0.6) is 11.6 Å². The molecular formula is C12H10BrN5O2. The molecule has 0 aliphatic carbocycles. The first-order valence-corrected chi connectivity index (χ1v) is 6.52. The first-order valence-electron chi connectivity index (χ1n) is 5.72. The number of nitrogens with zero attached hydrogens (tertiary/aromatic N) is 3. The molecule has 0 aliphatic heterocycles. The van der Waals surface area contributed by atoms with E-state index in [1.165, 1.54) is 0 Å². The van der Waals surface area contributed by atoms with Crippen LogP contribution in [0.25, 0.3) is 5.65 Å². The SMILES string of the molecule is Cc1cc(Br)cc(N)c1Oc1ccc2n[nH]c(=O)n2n1. The predicted molar refractivity (Wildman–Crippen MR) is 77.0 cm³/mol. The van der Waals surface area contributed by atoms with Crippen molar-refractivity contribution in [2.45, 2.75) is 6.92 Å². The number of ether oxygens (including phenoxy) is 1. The van der Waals surface area contributed by atoms with E-state index in [0.29, 0.717) is 17.1 Å². The summed E-state index contributed by atoms with van der Waals surface area (Å²) in [6.45, 7) is 1.87. The van der Waals surface area contributed by atoms with Crippen LogP contribution in [0.1, 0.15) is 5.56 Å². The maximum Gasteiger partial charge on any atom is 0.364 e. The quantitative estimate of drug-likeness (QED) is 0.696. The molecule has 2 aromatic heterocycles. The number of benzene rings is 1. The normalized spacial score (nSPS) is 10.9. The van der Waals surface area contributed by atoms with Gasteiger partial charge in [-0.15, -0.1) is 5.10 Å². The molecule has 0 spiro atoms. The molecule has 0 amide bonds. The standard InChI is InChI=1S/C12H10BrN5O2/c1-6-4-7(13)5-8(14)11(6)20-10-3-2-9-15-16-12(19)18(9)17-10/h2-5H,14H2,1H3,(H,16,19). The van der Waals surface area contributed by atoms with Crippen molar-refractivity contribution < 1.29 is 4.74 Å². The molecule has 0 unspecified atom stereocenters. The Bertz CT molecular complexity index is 831. The smallest absolute Gasteiger partial charge is 0.364 e. The van der Waals surface area contributed by atoms with Crippen LogP contribution in [0.4, 0.5) is 5.69 Å². The lowest BCUT2D eigenvalue weighted by Crippen LogP contribution is -2.12. The lowest BCUT2D eigenvalue weighted by Gasteiger charge is -2.11. The van der Waals surface area contributed by atoms with Gasteiger partial charge < -0.3 is 10.5 Å². The third-order valence-electron chi connectivity index (χ3n) is 2.72. The van der Waals surface area contributed by atoms with Crippen molar-refractivity contribution >= 4 is 27.3 Å². The van der Waals surface area contributed by atoms with Crippen LogP contribution >= 0.6 is 15.9 Å². The molecule has 0 radical (unpaired) electrons. The van der Waals surface area contributed by atoms with Crippen LogP contribution < -0.4 is 16.2 Å². The van der Waals surface area contributed by atoms with Crippen molar-refractivity contribution in [3.05, 3.63) is 44.8 Å². The van der Waals surface area contributed by atoms with Gasteiger partial charge in [-0.25, -0.2) is 9.89 Å². The van der Waals surface area contributed by atoms with Gasteiger partial charge in [0.15, 0.2) is 11.4 Å². The number of aromatic amines is 1. The molecule has 3 rings (SSSR count). The third-order valence-corrected chi connectivity index (χ3v) is 3.18. The zero-order chi connectivity index (χ0) is 14.3. The van der Waals surface area contributed by atoms with Gasteiger partial charge in [-0.1, -0.05) is 15.9 Å².